The second-order valence-electron chi connectivity index (χ2n) is 6.81. The number of aromatic nitrogens is 4. The SMILES string of the molecule is NC(=O)CSc1nnc(-c2sc3nnc(-c4ccccc4)c(-c4ccccc4)c3c2N)o1. The number of thiophene rings is 1. The lowest BCUT2D eigenvalue weighted by Crippen LogP contribution is -2.12. The minimum atomic E-state index is -0.465. The first kappa shape index (κ1) is 20.2. The number of rotatable bonds is 6. The van der Waals surface area contributed by atoms with Crippen LogP contribution in [0.2, 0.25) is 0 Å². The van der Waals surface area contributed by atoms with E-state index in [1.54, 1.807) is 0 Å². The lowest BCUT2D eigenvalue weighted by atomic mass is 9.96. The quantitative estimate of drug-likeness (QED) is 0.360. The number of hydrogen-bond acceptors (Lipinski definition) is 9. The average Bonchev–Trinajstić information content (AvgIpc) is 3.43. The molecule has 0 bridgehead atoms. The third kappa shape index (κ3) is 3.70. The standard InChI is InChI=1S/C22H16N6O2S2/c23-14(29)11-31-22-28-26-20(30-22)19-17(24)16-15(12-7-3-1-4-8-12)18(25-27-21(16)32-19)13-9-5-2-6-10-13/h1-10H,11,24H2,(H2,23,29). The number of fused-ring (bicyclic) bond motifs is 1. The lowest BCUT2D eigenvalue weighted by molar-refractivity contribution is -0.115. The second kappa shape index (κ2) is 8.40. The lowest BCUT2D eigenvalue weighted by Gasteiger charge is -2.10. The molecule has 0 atom stereocenters. The van der Waals surface area contributed by atoms with Gasteiger partial charge in [-0.05, 0) is 5.56 Å². The van der Waals surface area contributed by atoms with Crippen LogP contribution in [0.3, 0.4) is 0 Å². The summed E-state index contributed by atoms with van der Waals surface area (Å²) in [5.74, 6) is -0.154. The molecule has 2 aromatic carbocycles. The summed E-state index contributed by atoms with van der Waals surface area (Å²) in [5.41, 5.74) is 15.8. The molecule has 0 aliphatic heterocycles. The van der Waals surface area contributed by atoms with Crippen molar-refractivity contribution in [3.63, 3.8) is 0 Å². The molecule has 3 heterocycles. The van der Waals surface area contributed by atoms with Gasteiger partial charge in [0.1, 0.15) is 15.4 Å². The van der Waals surface area contributed by atoms with Crippen molar-refractivity contribution in [1.29, 1.82) is 0 Å². The predicted octanol–water partition coefficient (Wildman–Crippen LogP) is 4.23. The molecule has 32 heavy (non-hydrogen) atoms. The van der Waals surface area contributed by atoms with Crippen molar-refractivity contribution in [1.82, 2.24) is 20.4 Å². The zero-order valence-electron chi connectivity index (χ0n) is 16.6. The number of primary amides is 1. The fourth-order valence-corrected chi connectivity index (χ4v) is 4.82. The maximum atomic E-state index is 11.0. The zero-order valence-corrected chi connectivity index (χ0v) is 18.2. The van der Waals surface area contributed by atoms with Crippen molar-refractivity contribution in [3.05, 3.63) is 60.7 Å². The van der Waals surface area contributed by atoms with Crippen LogP contribution >= 0.6 is 23.1 Å². The van der Waals surface area contributed by atoms with Crippen LogP contribution in [0.15, 0.2) is 70.3 Å². The maximum Gasteiger partial charge on any atom is 0.277 e. The van der Waals surface area contributed by atoms with Gasteiger partial charge in [0.2, 0.25) is 5.91 Å². The molecule has 0 unspecified atom stereocenters. The minimum absolute atomic E-state index is 0.0492. The van der Waals surface area contributed by atoms with Crippen LogP contribution in [0.25, 0.3) is 43.4 Å². The van der Waals surface area contributed by atoms with E-state index in [0.717, 1.165) is 39.5 Å². The topological polar surface area (TPSA) is 134 Å². The number of nitrogens with two attached hydrogens (primary N) is 2. The summed E-state index contributed by atoms with van der Waals surface area (Å²) in [6.45, 7) is 0. The van der Waals surface area contributed by atoms with Gasteiger partial charge in [-0.1, -0.05) is 72.4 Å². The second-order valence-corrected chi connectivity index (χ2v) is 8.73. The normalized spacial score (nSPS) is 11.1. The molecular weight excluding hydrogens is 444 g/mol. The van der Waals surface area contributed by atoms with Crippen molar-refractivity contribution in [2.45, 2.75) is 5.22 Å². The van der Waals surface area contributed by atoms with E-state index in [0.29, 0.717) is 15.4 Å². The molecular formula is C22H16N6O2S2. The Morgan fingerprint density at radius 1 is 0.938 bits per heavy atom. The molecule has 0 aliphatic carbocycles. The van der Waals surface area contributed by atoms with E-state index in [2.05, 4.69) is 20.4 Å². The van der Waals surface area contributed by atoms with Gasteiger partial charge in [-0.25, -0.2) is 0 Å². The highest BCUT2D eigenvalue weighted by molar-refractivity contribution is 7.99. The summed E-state index contributed by atoms with van der Waals surface area (Å²) in [7, 11) is 0. The molecule has 0 aliphatic rings. The van der Waals surface area contributed by atoms with E-state index in [1.807, 2.05) is 60.7 Å². The molecule has 0 fully saturated rings. The highest BCUT2D eigenvalue weighted by Crippen LogP contribution is 2.46. The van der Waals surface area contributed by atoms with Crippen molar-refractivity contribution < 1.29 is 9.21 Å². The van der Waals surface area contributed by atoms with E-state index in [9.17, 15) is 4.79 Å². The van der Waals surface area contributed by atoms with Crippen LogP contribution in [0.4, 0.5) is 5.69 Å². The Kier molecular flexibility index (Phi) is 5.29. The largest absolute Gasteiger partial charge is 0.410 e. The Bertz CT molecular complexity index is 1420. The highest BCUT2D eigenvalue weighted by Gasteiger charge is 2.24. The number of amides is 1. The van der Waals surface area contributed by atoms with E-state index in [1.165, 1.54) is 11.3 Å². The fraction of sp³-hybridized carbons (Fsp3) is 0.0455. The molecule has 0 saturated heterocycles. The van der Waals surface area contributed by atoms with Gasteiger partial charge in [0.15, 0.2) is 0 Å². The maximum absolute atomic E-state index is 11.0. The fourth-order valence-electron chi connectivity index (χ4n) is 3.34. The van der Waals surface area contributed by atoms with Crippen molar-refractivity contribution in [2.24, 2.45) is 5.73 Å². The molecule has 0 radical (unpaired) electrons. The van der Waals surface area contributed by atoms with Crippen LogP contribution < -0.4 is 11.5 Å². The van der Waals surface area contributed by atoms with Crippen LogP contribution in [0.5, 0.6) is 0 Å². The smallest absolute Gasteiger partial charge is 0.277 e. The number of carbonyl (C=O) groups is 1. The monoisotopic (exact) mass is 460 g/mol. The predicted molar refractivity (Wildman–Crippen MR) is 126 cm³/mol. The van der Waals surface area contributed by atoms with Gasteiger partial charge in [0.05, 0.1) is 11.4 Å². The Balaban J connectivity index is 1.70. The van der Waals surface area contributed by atoms with Gasteiger partial charge < -0.3 is 15.9 Å². The van der Waals surface area contributed by atoms with Gasteiger partial charge in [0.25, 0.3) is 11.1 Å². The molecule has 3 aromatic heterocycles. The number of hydrogen-bond donors (Lipinski definition) is 2. The van der Waals surface area contributed by atoms with Crippen LogP contribution in [0, 0.1) is 0 Å². The van der Waals surface area contributed by atoms with Crippen LogP contribution in [-0.4, -0.2) is 32.1 Å². The molecule has 5 rings (SSSR count). The molecule has 1 amide bonds. The first-order valence-corrected chi connectivity index (χ1v) is 11.4. The van der Waals surface area contributed by atoms with Crippen molar-refractivity contribution >= 4 is 44.9 Å². The third-order valence-electron chi connectivity index (χ3n) is 4.70. The summed E-state index contributed by atoms with van der Waals surface area (Å²) in [6.07, 6.45) is 0. The number of thioether (sulfide) groups is 1. The summed E-state index contributed by atoms with van der Waals surface area (Å²) in [4.78, 5) is 12.3. The zero-order chi connectivity index (χ0) is 22.1. The Morgan fingerprint density at radius 3 is 2.31 bits per heavy atom. The van der Waals surface area contributed by atoms with Crippen molar-refractivity contribution in [2.75, 3.05) is 11.5 Å². The van der Waals surface area contributed by atoms with Gasteiger partial charge in [-0.15, -0.1) is 31.7 Å². The number of nitrogen functional groups attached to an aromatic ring is 1. The van der Waals surface area contributed by atoms with E-state index in [-0.39, 0.29) is 16.9 Å². The summed E-state index contributed by atoms with van der Waals surface area (Å²) < 4.78 is 5.71. The summed E-state index contributed by atoms with van der Waals surface area (Å²) in [5, 5.41) is 18.1. The van der Waals surface area contributed by atoms with E-state index < -0.39 is 5.91 Å². The van der Waals surface area contributed by atoms with Gasteiger partial charge in [0, 0.05) is 16.5 Å². The number of benzene rings is 2. The molecule has 0 spiro atoms. The Hall–Kier alpha value is -3.76. The first-order valence-electron chi connectivity index (χ1n) is 9.56. The molecule has 5 aromatic rings. The number of carbonyl (C=O) groups excluding carboxylic acids is 1. The number of anilines is 1. The van der Waals surface area contributed by atoms with Gasteiger partial charge in [-0.3, -0.25) is 4.79 Å². The minimum Gasteiger partial charge on any atom is -0.410 e. The Labute approximate surface area is 190 Å². The van der Waals surface area contributed by atoms with Gasteiger partial charge >= 0.3 is 0 Å². The molecule has 158 valence electrons. The van der Waals surface area contributed by atoms with Crippen LogP contribution in [-0.2, 0) is 4.79 Å². The Morgan fingerprint density at radius 2 is 1.62 bits per heavy atom. The van der Waals surface area contributed by atoms with Gasteiger partial charge in [-0.2, -0.15) is 0 Å². The summed E-state index contributed by atoms with van der Waals surface area (Å²) in [6, 6.07) is 19.8. The third-order valence-corrected chi connectivity index (χ3v) is 6.62. The van der Waals surface area contributed by atoms with E-state index in [4.69, 9.17) is 15.9 Å². The van der Waals surface area contributed by atoms with E-state index >= 15 is 0 Å². The average molecular weight is 461 g/mol. The molecule has 0 saturated carbocycles. The molecule has 10 heteroatoms. The van der Waals surface area contributed by atoms with Crippen LogP contribution in [0.1, 0.15) is 0 Å². The highest BCUT2D eigenvalue weighted by atomic mass is 32.2. The number of nitrogens with zero attached hydrogens (tertiary/aromatic N) is 4. The molecule has 8 nitrogen and oxygen atoms in total. The summed E-state index contributed by atoms with van der Waals surface area (Å²) >= 11 is 2.41. The first-order chi connectivity index (χ1) is 15.6. The molecule has 4 N–H and O–H groups in total. The van der Waals surface area contributed by atoms with Crippen molar-refractivity contribution in [3.8, 4) is 33.2 Å².